The van der Waals surface area contributed by atoms with Crippen molar-refractivity contribution in [3.05, 3.63) is 71.8 Å². The molecule has 0 saturated carbocycles. The second-order valence-corrected chi connectivity index (χ2v) is 14.5. The third-order valence-electron chi connectivity index (χ3n) is 9.40. The Morgan fingerprint density at radius 1 is 0.706 bits per heavy atom. The third kappa shape index (κ3) is 11.1. The number of benzene rings is 2. The lowest BCUT2D eigenvalue weighted by Crippen LogP contribution is -2.65. The second-order valence-electron chi connectivity index (χ2n) is 14.5. The summed E-state index contributed by atoms with van der Waals surface area (Å²) in [4.78, 5) is 69.3. The zero-order chi connectivity index (χ0) is 36.4. The monoisotopic (exact) mass is 708 g/mol. The van der Waals surface area contributed by atoms with Gasteiger partial charge in [0.25, 0.3) is 0 Å². The van der Waals surface area contributed by atoms with Gasteiger partial charge in [-0.15, -0.1) is 0 Å². The van der Waals surface area contributed by atoms with Gasteiger partial charge in [-0.2, -0.15) is 11.0 Å². The highest BCUT2D eigenvalue weighted by Gasteiger charge is 2.44. The molecular weight excluding hydrogens is 656 g/mol. The fourth-order valence-electron chi connectivity index (χ4n) is 6.72. The Morgan fingerprint density at radius 2 is 1.20 bits per heavy atom. The lowest BCUT2D eigenvalue weighted by Gasteiger charge is -2.45. The maximum atomic E-state index is 14.4. The average Bonchev–Trinajstić information content (AvgIpc) is 3.11. The smallest absolute Gasteiger partial charge is 0.410 e. The molecule has 278 valence electrons. The summed E-state index contributed by atoms with van der Waals surface area (Å²) in [6, 6.07) is 16.2. The molecule has 0 aliphatic carbocycles. The lowest BCUT2D eigenvalue weighted by molar-refractivity contribution is -0.144. The minimum atomic E-state index is -1.09. The van der Waals surface area contributed by atoms with Crippen molar-refractivity contribution in [2.24, 2.45) is 0 Å². The fraction of sp³-hybridized carbons (Fsp3) is 0.568. The van der Waals surface area contributed by atoms with Gasteiger partial charge in [0, 0.05) is 38.3 Å². The van der Waals surface area contributed by atoms with Gasteiger partial charge < -0.3 is 29.9 Å². The number of amides is 4. The number of urea groups is 1. The average molecular weight is 709 g/mol. The zero-order valence-electron chi connectivity index (χ0n) is 29.8. The number of ether oxygens (including phenoxy) is 1. The summed E-state index contributed by atoms with van der Waals surface area (Å²) in [7, 11) is 0. The largest absolute Gasteiger partial charge is 0.480 e. The number of carbonyl (C=O) groups is 4. The summed E-state index contributed by atoms with van der Waals surface area (Å²) in [6.45, 7) is 7.22. The van der Waals surface area contributed by atoms with Crippen molar-refractivity contribution < 1.29 is 38.7 Å². The van der Waals surface area contributed by atoms with Crippen molar-refractivity contribution in [2.75, 3.05) is 26.2 Å². The standard InChI is InChI=1S/C37H52N6O8/c1-37(2,3)51-36(48)41-20-18-28(19-21-41)38-33(44)31-16-14-29(39-49-24-26-10-6-4-7-11-26)22-42(31)35(47)43-23-30(15-17-32(43)34(45)46)40-50-25-27-12-8-5-9-13-27/h4-13,28-32,39-40H,14-25H2,1-3H3,(H,38,44)(H,45,46)/t29?,30-,31+,32+/m1/s1. The van der Waals surface area contributed by atoms with E-state index in [0.717, 1.165) is 11.1 Å². The van der Waals surface area contributed by atoms with Crippen molar-refractivity contribution in [1.29, 1.82) is 0 Å². The van der Waals surface area contributed by atoms with Crippen LogP contribution in [0.1, 0.15) is 70.4 Å². The molecule has 4 atom stereocenters. The molecule has 3 saturated heterocycles. The van der Waals surface area contributed by atoms with E-state index in [2.05, 4.69) is 16.3 Å². The molecule has 0 spiro atoms. The van der Waals surface area contributed by atoms with Crippen LogP contribution in [-0.2, 0) is 37.2 Å². The number of nitrogens with one attached hydrogen (secondary N) is 3. The Hall–Kier alpha value is -4.24. The maximum Gasteiger partial charge on any atom is 0.410 e. The molecule has 0 radical (unpaired) electrons. The summed E-state index contributed by atoms with van der Waals surface area (Å²) in [5, 5.41) is 13.3. The first-order valence-corrected chi connectivity index (χ1v) is 17.9. The van der Waals surface area contributed by atoms with Crippen molar-refractivity contribution in [3.8, 4) is 0 Å². The van der Waals surface area contributed by atoms with Crippen LogP contribution in [0.2, 0.25) is 0 Å². The van der Waals surface area contributed by atoms with Gasteiger partial charge >= 0.3 is 18.1 Å². The molecule has 4 amide bonds. The number of piperidine rings is 3. The quantitative estimate of drug-likeness (QED) is 0.253. The Labute approximate surface area is 299 Å². The van der Waals surface area contributed by atoms with Crippen LogP contribution in [0.5, 0.6) is 0 Å². The predicted molar refractivity (Wildman–Crippen MR) is 188 cm³/mol. The van der Waals surface area contributed by atoms with E-state index in [0.29, 0.717) is 58.4 Å². The van der Waals surface area contributed by atoms with Crippen molar-refractivity contribution >= 4 is 24.0 Å². The number of likely N-dealkylation sites (tertiary alicyclic amines) is 3. The highest BCUT2D eigenvalue weighted by Crippen LogP contribution is 2.26. The normalized spacial score (nSPS) is 23.1. The molecule has 2 aromatic rings. The van der Waals surface area contributed by atoms with E-state index in [9.17, 15) is 24.3 Å². The van der Waals surface area contributed by atoms with E-state index >= 15 is 0 Å². The van der Waals surface area contributed by atoms with Gasteiger partial charge in [-0.25, -0.2) is 14.4 Å². The third-order valence-corrected chi connectivity index (χ3v) is 9.40. The SMILES string of the molecule is CC(C)(C)OC(=O)N1CCC(NC(=O)[C@@H]2CCC(NOCc3ccccc3)CN2C(=O)N2C[C@H](NOCc3ccccc3)CC[C@H]2C(=O)O)CC1. The minimum Gasteiger partial charge on any atom is -0.480 e. The number of rotatable bonds is 11. The number of nitrogens with zero attached hydrogens (tertiary/aromatic N) is 3. The highest BCUT2D eigenvalue weighted by atomic mass is 16.6. The molecule has 3 aliphatic rings. The van der Waals surface area contributed by atoms with E-state index in [-0.39, 0.29) is 49.6 Å². The Bertz CT molecular complexity index is 1450. The second kappa shape index (κ2) is 17.8. The Kier molecular flexibility index (Phi) is 13.3. The minimum absolute atomic E-state index is 0.0984. The van der Waals surface area contributed by atoms with E-state index in [1.54, 1.807) is 4.90 Å². The van der Waals surface area contributed by atoms with Crippen LogP contribution in [0.3, 0.4) is 0 Å². The summed E-state index contributed by atoms with van der Waals surface area (Å²) in [6.07, 6.45) is 2.37. The van der Waals surface area contributed by atoms with Crippen LogP contribution in [0.25, 0.3) is 0 Å². The van der Waals surface area contributed by atoms with Crippen molar-refractivity contribution in [3.63, 3.8) is 0 Å². The van der Waals surface area contributed by atoms with E-state index in [1.807, 2.05) is 81.4 Å². The topological polar surface area (TPSA) is 162 Å². The molecule has 4 N–H and O–H groups in total. The summed E-state index contributed by atoms with van der Waals surface area (Å²) >= 11 is 0. The molecule has 14 heteroatoms. The number of carbonyl (C=O) groups excluding carboxylic acids is 3. The lowest BCUT2D eigenvalue weighted by atomic mass is 9.95. The van der Waals surface area contributed by atoms with E-state index < -0.39 is 29.7 Å². The molecule has 3 heterocycles. The first-order valence-electron chi connectivity index (χ1n) is 17.9. The van der Waals surface area contributed by atoms with Crippen LogP contribution in [-0.4, -0.2) is 106 Å². The van der Waals surface area contributed by atoms with Gasteiger partial charge in [0.15, 0.2) is 0 Å². The molecule has 1 unspecified atom stereocenters. The zero-order valence-corrected chi connectivity index (χ0v) is 29.8. The van der Waals surface area contributed by atoms with Gasteiger partial charge in [0.05, 0.1) is 19.3 Å². The number of aliphatic carboxylic acids is 1. The Morgan fingerprint density at radius 3 is 1.69 bits per heavy atom. The van der Waals surface area contributed by atoms with Gasteiger partial charge in [0.2, 0.25) is 5.91 Å². The molecule has 51 heavy (non-hydrogen) atoms. The van der Waals surface area contributed by atoms with Crippen LogP contribution in [0.15, 0.2) is 60.7 Å². The van der Waals surface area contributed by atoms with Gasteiger partial charge in [-0.3, -0.25) is 14.5 Å². The van der Waals surface area contributed by atoms with Crippen LogP contribution in [0, 0.1) is 0 Å². The number of hydrogen-bond acceptors (Lipinski definition) is 9. The van der Waals surface area contributed by atoms with E-state index in [4.69, 9.17) is 14.4 Å². The molecular formula is C37H52N6O8. The predicted octanol–water partition coefficient (Wildman–Crippen LogP) is 3.82. The van der Waals surface area contributed by atoms with Gasteiger partial charge in [0.1, 0.15) is 17.7 Å². The maximum absolute atomic E-state index is 14.4. The summed E-state index contributed by atoms with van der Waals surface area (Å²) in [5.41, 5.74) is 7.46. The number of hydrogen-bond donors (Lipinski definition) is 4. The van der Waals surface area contributed by atoms with Gasteiger partial charge in [-0.05, 0) is 70.4 Å². The first kappa shape index (κ1) is 38.0. The van der Waals surface area contributed by atoms with Crippen LogP contribution < -0.4 is 16.3 Å². The molecule has 5 rings (SSSR count). The molecule has 3 aliphatic heterocycles. The fourth-order valence-corrected chi connectivity index (χ4v) is 6.72. The summed E-state index contributed by atoms with van der Waals surface area (Å²) in [5.74, 6) is -1.39. The number of carboxylic acid groups (broad SMARTS) is 1. The molecule has 0 aromatic heterocycles. The molecule has 2 aromatic carbocycles. The van der Waals surface area contributed by atoms with Gasteiger partial charge in [-0.1, -0.05) is 60.7 Å². The highest BCUT2D eigenvalue weighted by molar-refractivity contribution is 5.89. The van der Waals surface area contributed by atoms with Crippen LogP contribution in [0.4, 0.5) is 9.59 Å². The summed E-state index contributed by atoms with van der Waals surface area (Å²) < 4.78 is 5.51. The van der Waals surface area contributed by atoms with E-state index in [1.165, 1.54) is 9.80 Å². The van der Waals surface area contributed by atoms with Crippen molar-refractivity contribution in [2.45, 2.75) is 108 Å². The molecule has 3 fully saturated rings. The van der Waals surface area contributed by atoms with Crippen LogP contribution >= 0.6 is 0 Å². The molecule has 14 nitrogen and oxygen atoms in total. The Balaban J connectivity index is 1.24. The van der Waals surface area contributed by atoms with Crippen molar-refractivity contribution in [1.82, 2.24) is 31.0 Å². The molecule has 0 bridgehead atoms. The number of carboxylic acids is 1. The number of hydroxylamine groups is 2. The first-order chi connectivity index (χ1) is 24.5.